The molecule has 0 saturated carbocycles. The molecule has 0 unspecified atom stereocenters. The molecule has 3 rings (SSSR count). The predicted molar refractivity (Wildman–Crippen MR) is 105 cm³/mol. The standard InChI is InChI=1S/C17H12F3N7O3S2/c1-3-32(29,30)11-4-10(13-23-6-9(5-21)7-24-13)8-22-12(11)14(28)27(2)16-26-25-15(31-16)17(18,19)20/h4,6-8H,3H2,1-2H3. The highest BCUT2D eigenvalue weighted by molar-refractivity contribution is 7.91. The number of hydrogen-bond acceptors (Lipinski definition) is 10. The van der Waals surface area contributed by atoms with Gasteiger partial charge in [0, 0.05) is 31.2 Å². The third-order valence-corrected chi connectivity index (χ3v) is 6.84. The van der Waals surface area contributed by atoms with Crippen LogP contribution in [0.5, 0.6) is 0 Å². The first-order chi connectivity index (χ1) is 15.0. The summed E-state index contributed by atoms with van der Waals surface area (Å²) in [5, 5.41) is 13.6. The van der Waals surface area contributed by atoms with E-state index in [-0.39, 0.29) is 39.2 Å². The van der Waals surface area contributed by atoms with E-state index in [9.17, 15) is 26.4 Å². The van der Waals surface area contributed by atoms with E-state index >= 15 is 0 Å². The van der Waals surface area contributed by atoms with Crippen LogP contribution in [-0.2, 0) is 16.0 Å². The van der Waals surface area contributed by atoms with Crippen LogP contribution in [0.1, 0.15) is 28.0 Å². The van der Waals surface area contributed by atoms with Crippen molar-refractivity contribution in [1.82, 2.24) is 25.1 Å². The van der Waals surface area contributed by atoms with Crippen molar-refractivity contribution in [1.29, 1.82) is 5.26 Å². The van der Waals surface area contributed by atoms with Crippen LogP contribution in [0, 0.1) is 11.3 Å². The number of amides is 1. The van der Waals surface area contributed by atoms with Crippen LogP contribution >= 0.6 is 11.3 Å². The van der Waals surface area contributed by atoms with Gasteiger partial charge in [-0.3, -0.25) is 9.69 Å². The highest BCUT2D eigenvalue weighted by atomic mass is 32.2. The molecular formula is C17H12F3N7O3S2. The van der Waals surface area contributed by atoms with E-state index in [1.165, 1.54) is 19.3 Å². The zero-order valence-corrected chi connectivity index (χ0v) is 18.0. The van der Waals surface area contributed by atoms with Crippen molar-refractivity contribution >= 4 is 32.2 Å². The number of sulfone groups is 1. The van der Waals surface area contributed by atoms with Crippen molar-refractivity contribution in [2.45, 2.75) is 18.0 Å². The molecule has 0 N–H and O–H groups in total. The number of carbonyl (C=O) groups excluding carboxylic acids is 1. The Kier molecular flexibility index (Phi) is 6.19. The summed E-state index contributed by atoms with van der Waals surface area (Å²) < 4.78 is 63.6. The van der Waals surface area contributed by atoms with E-state index in [1.54, 1.807) is 0 Å². The Labute approximate surface area is 183 Å². The van der Waals surface area contributed by atoms with Gasteiger partial charge >= 0.3 is 6.18 Å². The van der Waals surface area contributed by atoms with Crippen molar-refractivity contribution < 1.29 is 26.4 Å². The summed E-state index contributed by atoms with van der Waals surface area (Å²) in [6, 6.07) is 2.99. The van der Waals surface area contributed by atoms with Gasteiger partial charge in [0.1, 0.15) is 11.8 Å². The van der Waals surface area contributed by atoms with E-state index < -0.39 is 37.5 Å². The van der Waals surface area contributed by atoms with Crippen LogP contribution in [0.4, 0.5) is 18.3 Å². The molecule has 15 heteroatoms. The highest BCUT2D eigenvalue weighted by Gasteiger charge is 2.37. The molecule has 3 aromatic heterocycles. The number of anilines is 1. The minimum atomic E-state index is -4.74. The molecular weight excluding hydrogens is 471 g/mol. The molecule has 0 aliphatic carbocycles. The Balaban J connectivity index is 2.05. The molecule has 3 aromatic rings. The molecule has 0 saturated heterocycles. The summed E-state index contributed by atoms with van der Waals surface area (Å²) in [5.41, 5.74) is -0.154. The molecule has 1 amide bonds. The number of nitriles is 1. The van der Waals surface area contributed by atoms with Gasteiger partial charge in [-0.1, -0.05) is 18.3 Å². The van der Waals surface area contributed by atoms with Gasteiger partial charge in [-0.2, -0.15) is 18.4 Å². The zero-order valence-electron chi connectivity index (χ0n) is 16.3. The summed E-state index contributed by atoms with van der Waals surface area (Å²) in [4.78, 5) is 25.1. The second-order valence-corrected chi connectivity index (χ2v) is 9.34. The first-order valence-electron chi connectivity index (χ1n) is 8.62. The van der Waals surface area contributed by atoms with Gasteiger partial charge in [0.15, 0.2) is 15.7 Å². The topological polar surface area (TPSA) is 143 Å². The van der Waals surface area contributed by atoms with E-state index in [0.717, 1.165) is 24.2 Å². The van der Waals surface area contributed by atoms with Gasteiger partial charge in [-0.05, 0) is 6.07 Å². The zero-order chi connectivity index (χ0) is 23.7. The lowest BCUT2D eigenvalue weighted by molar-refractivity contribution is -0.138. The van der Waals surface area contributed by atoms with E-state index in [4.69, 9.17) is 5.26 Å². The Morgan fingerprint density at radius 1 is 1.19 bits per heavy atom. The molecule has 0 spiro atoms. The number of aromatic nitrogens is 5. The van der Waals surface area contributed by atoms with Gasteiger partial charge in [-0.25, -0.2) is 23.4 Å². The number of nitrogens with zero attached hydrogens (tertiary/aromatic N) is 7. The Morgan fingerprint density at radius 2 is 1.84 bits per heavy atom. The fourth-order valence-corrected chi connectivity index (χ4v) is 4.09. The first kappa shape index (κ1) is 23.2. The third kappa shape index (κ3) is 4.55. The molecule has 0 radical (unpaired) electrons. The number of carbonyl (C=O) groups is 1. The number of hydrogen-bond donors (Lipinski definition) is 0. The minimum Gasteiger partial charge on any atom is -0.284 e. The summed E-state index contributed by atoms with van der Waals surface area (Å²) in [5.74, 6) is -1.29. The monoisotopic (exact) mass is 483 g/mol. The highest BCUT2D eigenvalue weighted by Crippen LogP contribution is 2.34. The quantitative estimate of drug-likeness (QED) is 0.534. The Hall–Kier alpha value is -3.51. The largest absolute Gasteiger partial charge is 0.445 e. The maximum absolute atomic E-state index is 12.9. The molecule has 0 aliphatic rings. The molecule has 0 bridgehead atoms. The molecule has 0 fully saturated rings. The second-order valence-electron chi connectivity index (χ2n) is 6.13. The maximum Gasteiger partial charge on any atom is 0.445 e. The molecule has 0 aromatic carbocycles. The van der Waals surface area contributed by atoms with Crippen molar-refractivity contribution in [2.75, 3.05) is 17.7 Å². The fourth-order valence-electron chi connectivity index (χ4n) is 2.37. The second kappa shape index (κ2) is 8.55. The minimum absolute atomic E-state index is 0.0651. The van der Waals surface area contributed by atoms with Crippen LogP contribution in [0.3, 0.4) is 0 Å². The lowest BCUT2D eigenvalue weighted by Crippen LogP contribution is -2.29. The number of halogens is 3. The molecule has 0 atom stereocenters. The SMILES string of the molecule is CCS(=O)(=O)c1cc(-c2ncc(C#N)cn2)cnc1C(=O)N(C)c1nnc(C(F)(F)F)s1. The smallest absolute Gasteiger partial charge is 0.284 e. The summed E-state index contributed by atoms with van der Waals surface area (Å²) in [6.45, 7) is 1.36. The summed E-state index contributed by atoms with van der Waals surface area (Å²) in [6.07, 6.45) is -1.12. The van der Waals surface area contributed by atoms with Crippen molar-refractivity contribution in [2.24, 2.45) is 0 Å². The van der Waals surface area contributed by atoms with Gasteiger partial charge < -0.3 is 0 Å². The van der Waals surface area contributed by atoms with Gasteiger partial charge in [0.2, 0.25) is 10.1 Å². The normalized spacial score (nSPS) is 11.8. The van der Waals surface area contributed by atoms with Crippen LogP contribution < -0.4 is 4.90 Å². The molecule has 3 heterocycles. The van der Waals surface area contributed by atoms with E-state index in [2.05, 4.69) is 25.1 Å². The van der Waals surface area contributed by atoms with Gasteiger partial charge in [-0.15, -0.1) is 10.2 Å². The Bertz CT molecular complexity index is 1320. The van der Waals surface area contributed by atoms with Gasteiger partial charge in [0.25, 0.3) is 5.91 Å². The van der Waals surface area contributed by atoms with Crippen LogP contribution in [0.25, 0.3) is 11.4 Å². The van der Waals surface area contributed by atoms with E-state index in [0.29, 0.717) is 0 Å². The lowest BCUT2D eigenvalue weighted by Gasteiger charge is -2.15. The number of pyridine rings is 1. The molecule has 0 aliphatic heterocycles. The summed E-state index contributed by atoms with van der Waals surface area (Å²) >= 11 is 0.128. The predicted octanol–water partition coefficient (Wildman–Crippen LogP) is 2.35. The number of alkyl halides is 3. The van der Waals surface area contributed by atoms with Crippen LogP contribution in [0.15, 0.2) is 29.6 Å². The van der Waals surface area contributed by atoms with E-state index in [1.807, 2.05) is 6.07 Å². The molecule has 32 heavy (non-hydrogen) atoms. The van der Waals surface area contributed by atoms with Crippen LogP contribution in [-0.4, -0.2) is 52.3 Å². The van der Waals surface area contributed by atoms with Crippen molar-refractivity contribution in [3.8, 4) is 17.5 Å². The first-order valence-corrected chi connectivity index (χ1v) is 11.1. The maximum atomic E-state index is 12.9. The molecule has 10 nitrogen and oxygen atoms in total. The molecule has 166 valence electrons. The van der Waals surface area contributed by atoms with Gasteiger partial charge in [0.05, 0.1) is 16.2 Å². The average molecular weight is 483 g/mol. The lowest BCUT2D eigenvalue weighted by atomic mass is 10.2. The third-order valence-electron chi connectivity index (χ3n) is 4.06. The number of rotatable bonds is 5. The van der Waals surface area contributed by atoms with Crippen molar-refractivity contribution in [3.05, 3.63) is 40.9 Å². The van der Waals surface area contributed by atoms with Crippen LogP contribution in [0.2, 0.25) is 0 Å². The average Bonchev–Trinajstić information content (AvgIpc) is 3.29. The summed E-state index contributed by atoms with van der Waals surface area (Å²) in [7, 11) is -2.85. The fraction of sp³-hybridized carbons (Fsp3) is 0.235. The Morgan fingerprint density at radius 3 is 2.38 bits per heavy atom. The van der Waals surface area contributed by atoms with Crippen molar-refractivity contribution in [3.63, 3.8) is 0 Å².